The second kappa shape index (κ2) is 6.49. The topological polar surface area (TPSA) is 35.2 Å². The molecule has 0 aliphatic heterocycles. The molecule has 0 aromatic heterocycles. The van der Waals surface area contributed by atoms with Gasteiger partial charge in [-0.05, 0) is 31.6 Å². The highest BCUT2D eigenvalue weighted by Crippen LogP contribution is 2.26. The van der Waals surface area contributed by atoms with Crippen LogP contribution < -0.4 is 5.73 Å². The molecule has 0 spiro atoms. The van der Waals surface area contributed by atoms with Gasteiger partial charge >= 0.3 is 0 Å². The van der Waals surface area contributed by atoms with E-state index in [1.54, 1.807) is 0 Å². The van der Waals surface area contributed by atoms with E-state index < -0.39 is 0 Å². The number of ether oxygens (including phenoxy) is 1. The normalized spacial score (nSPS) is 20.8. The van der Waals surface area contributed by atoms with Crippen LogP contribution in [0.1, 0.15) is 58.8 Å². The van der Waals surface area contributed by atoms with Crippen LogP contribution in [0, 0.1) is 5.92 Å². The van der Waals surface area contributed by atoms with Crippen molar-refractivity contribution in [3.63, 3.8) is 0 Å². The molecule has 1 rings (SSSR count). The van der Waals surface area contributed by atoms with Crippen molar-refractivity contribution in [2.75, 3.05) is 13.2 Å². The molecule has 0 aromatic carbocycles. The number of hydrogen-bond donors (Lipinski definition) is 1. The van der Waals surface area contributed by atoms with Gasteiger partial charge in [-0.25, -0.2) is 0 Å². The molecule has 0 bridgehead atoms. The summed E-state index contributed by atoms with van der Waals surface area (Å²) in [7, 11) is 0. The van der Waals surface area contributed by atoms with E-state index in [1.807, 2.05) is 0 Å². The lowest BCUT2D eigenvalue weighted by molar-refractivity contribution is 0.0645. The van der Waals surface area contributed by atoms with Crippen LogP contribution in [0.2, 0.25) is 0 Å². The van der Waals surface area contributed by atoms with Gasteiger partial charge in [0.25, 0.3) is 0 Å². The van der Waals surface area contributed by atoms with E-state index in [-0.39, 0.29) is 5.54 Å². The fraction of sp³-hybridized carbons (Fsp3) is 1.00. The summed E-state index contributed by atoms with van der Waals surface area (Å²) in [6.45, 7) is 6.17. The maximum atomic E-state index is 6.28. The Morgan fingerprint density at radius 2 is 1.87 bits per heavy atom. The Hall–Kier alpha value is -0.0800. The van der Waals surface area contributed by atoms with E-state index in [4.69, 9.17) is 10.5 Å². The molecule has 0 aromatic rings. The zero-order chi connectivity index (χ0) is 11.1. The summed E-state index contributed by atoms with van der Waals surface area (Å²) in [6.07, 6.45) is 8.66. The predicted octanol–water partition coefficient (Wildman–Crippen LogP) is 3.10. The van der Waals surface area contributed by atoms with Crippen LogP contribution in [0.4, 0.5) is 0 Å². The second-order valence-electron chi connectivity index (χ2n) is 5.51. The highest BCUT2D eigenvalue weighted by molar-refractivity contribution is 4.86. The molecule has 2 nitrogen and oxygen atoms in total. The Labute approximate surface area is 94.6 Å². The zero-order valence-electron chi connectivity index (χ0n) is 10.4. The van der Waals surface area contributed by atoms with E-state index in [0.717, 1.165) is 32.0 Å². The van der Waals surface area contributed by atoms with E-state index in [1.165, 1.54) is 32.1 Å². The van der Waals surface area contributed by atoms with Gasteiger partial charge in [0.2, 0.25) is 0 Å². The molecule has 1 fully saturated rings. The first-order chi connectivity index (χ1) is 7.12. The molecule has 0 unspecified atom stereocenters. The molecule has 0 radical (unpaired) electrons. The van der Waals surface area contributed by atoms with E-state index in [2.05, 4.69) is 13.8 Å². The third-order valence-electron chi connectivity index (χ3n) is 3.31. The predicted molar refractivity (Wildman–Crippen MR) is 64.9 cm³/mol. The van der Waals surface area contributed by atoms with Crippen molar-refractivity contribution in [1.29, 1.82) is 0 Å². The summed E-state index contributed by atoms with van der Waals surface area (Å²) in [5.74, 6) is 0.787. The standard InChI is InChI=1S/C13H27NO/c1-12(2)7-6-10-15-11-13(14)8-4-3-5-9-13/h12H,3-11,14H2,1-2H3. The van der Waals surface area contributed by atoms with Gasteiger partial charge in [-0.15, -0.1) is 0 Å². The Bertz CT molecular complexity index is 162. The molecule has 90 valence electrons. The summed E-state index contributed by atoms with van der Waals surface area (Å²) < 4.78 is 5.70. The first-order valence-corrected chi connectivity index (χ1v) is 6.49. The molecule has 2 N–H and O–H groups in total. The maximum absolute atomic E-state index is 6.28. The van der Waals surface area contributed by atoms with Crippen LogP contribution >= 0.6 is 0 Å². The van der Waals surface area contributed by atoms with E-state index in [0.29, 0.717) is 0 Å². The molecule has 2 heteroatoms. The number of nitrogens with two attached hydrogens (primary N) is 1. The van der Waals surface area contributed by atoms with Gasteiger partial charge in [-0.3, -0.25) is 0 Å². The third-order valence-corrected chi connectivity index (χ3v) is 3.31. The third kappa shape index (κ3) is 5.53. The molecule has 1 saturated carbocycles. The van der Waals surface area contributed by atoms with Crippen molar-refractivity contribution < 1.29 is 4.74 Å². The molecular weight excluding hydrogens is 186 g/mol. The Morgan fingerprint density at radius 1 is 1.20 bits per heavy atom. The van der Waals surface area contributed by atoms with Gasteiger partial charge in [-0.1, -0.05) is 33.1 Å². The highest BCUT2D eigenvalue weighted by atomic mass is 16.5. The maximum Gasteiger partial charge on any atom is 0.0646 e. The van der Waals surface area contributed by atoms with Gasteiger partial charge in [0.05, 0.1) is 6.61 Å². The lowest BCUT2D eigenvalue weighted by atomic mass is 9.83. The van der Waals surface area contributed by atoms with Crippen molar-refractivity contribution in [2.45, 2.75) is 64.3 Å². The summed E-state index contributed by atoms with van der Waals surface area (Å²) in [6, 6.07) is 0. The minimum absolute atomic E-state index is 0.00389. The number of hydrogen-bond acceptors (Lipinski definition) is 2. The van der Waals surface area contributed by atoms with Crippen molar-refractivity contribution >= 4 is 0 Å². The zero-order valence-corrected chi connectivity index (χ0v) is 10.4. The van der Waals surface area contributed by atoms with Crippen molar-refractivity contribution in [3.8, 4) is 0 Å². The van der Waals surface area contributed by atoms with Gasteiger partial charge < -0.3 is 10.5 Å². The van der Waals surface area contributed by atoms with Crippen molar-refractivity contribution in [1.82, 2.24) is 0 Å². The number of rotatable bonds is 6. The summed E-state index contributed by atoms with van der Waals surface area (Å²) in [5.41, 5.74) is 6.27. The monoisotopic (exact) mass is 213 g/mol. The van der Waals surface area contributed by atoms with Gasteiger partial charge in [0.15, 0.2) is 0 Å². The van der Waals surface area contributed by atoms with E-state index >= 15 is 0 Å². The molecule has 15 heavy (non-hydrogen) atoms. The Morgan fingerprint density at radius 3 is 2.47 bits per heavy atom. The van der Waals surface area contributed by atoms with Crippen LogP contribution in [-0.4, -0.2) is 18.8 Å². The van der Waals surface area contributed by atoms with Gasteiger partial charge in [-0.2, -0.15) is 0 Å². The van der Waals surface area contributed by atoms with E-state index in [9.17, 15) is 0 Å². The van der Waals surface area contributed by atoms with Crippen LogP contribution in [0.15, 0.2) is 0 Å². The molecule has 0 amide bonds. The first-order valence-electron chi connectivity index (χ1n) is 6.49. The largest absolute Gasteiger partial charge is 0.380 e. The van der Waals surface area contributed by atoms with Crippen LogP contribution in [0.3, 0.4) is 0 Å². The molecule has 0 heterocycles. The Kier molecular flexibility index (Phi) is 5.62. The summed E-state index contributed by atoms with van der Waals surface area (Å²) in [4.78, 5) is 0. The molecule has 0 atom stereocenters. The van der Waals surface area contributed by atoms with Gasteiger partial charge in [0.1, 0.15) is 0 Å². The minimum atomic E-state index is -0.00389. The molecule has 1 aliphatic rings. The van der Waals surface area contributed by atoms with Gasteiger partial charge in [0, 0.05) is 12.1 Å². The Balaban J connectivity index is 2.03. The fourth-order valence-electron chi connectivity index (χ4n) is 2.27. The summed E-state index contributed by atoms with van der Waals surface area (Å²) in [5, 5.41) is 0. The minimum Gasteiger partial charge on any atom is -0.380 e. The van der Waals surface area contributed by atoms with Crippen molar-refractivity contribution in [2.24, 2.45) is 11.7 Å². The average molecular weight is 213 g/mol. The second-order valence-corrected chi connectivity index (χ2v) is 5.51. The fourth-order valence-corrected chi connectivity index (χ4v) is 2.27. The summed E-state index contributed by atoms with van der Waals surface area (Å²) >= 11 is 0. The van der Waals surface area contributed by atoms with Crippen molar-refractivity contribution in [3.05, 3.63) is 0 Å². The first kappa shape index (κ1) is 13.0. The van der Waals surface area contributed by atoms with Crippen LogP contribution in [-0.2, 0) is 4.74 Å². The molecule has 0 saturated heterocycles. The SMILES string of the molecule is CC(C)CCCOCC1(N)CCCCC1. The van der Waals surface area contributed by atoms with Crippen LogP contribution in [0.25, 0.3) is 0 Å². The smallest absolute Gasteiger partial charge is 0.0646 e. The quantitative estimate of drug-likeness (QED) is 0.688. The molecule has 1 aliphatic carbocycles. The van der Waals surface area contributed by atoms with Crippen LogP contribution in [0.5, 0.6) is 0 Å². The molecular formula is C13H27NO. The lowest BCUT2D eigenvalue weighted by Crippen LogP contribution is -2.46. The average Bonchev–Trinajstić information content (AvgIpc) is 2.17. The lowest BCUT2D eigenvalue weighted by Gasteiger charge is -2.33. The highest BCUT2D eigenvalue weighted by Gasteiger charge is 2.27.